The molecule has 1 heterocycles. The van der Waals surface area contributed by atoms with E-state index in [-0.39, 0.29) is 23.8 Å². The van der Waals surface area contributed by atoms with Crippen molar-refractivity contribution < 1.29 is 18.0 Å². The van der Waals surface area contributed by atoms with Crippen LogP contribution in [-0.4, -0.2) is 31.8 Å². The Balaban J connectivity index is 2.88. The van der Waals surface area contributed by atoms with Gasteiger partial charge in [0, 0.05) is 6.54 Å². The zero-order valence-electron chi connectivity index (χ0n) is 7.02. The second-order valence-electron chi connectivity index (χ2n) is 2.37. The van der Waals surface area contributed by atoms with Crippen molar-refractivity contribution in [2.45, 2.75) is 11.8 Å². The van der Waals surface area contributed by atoms with Crippen molar-refractivity contribution in [3.63, 3.8) is 0 Å². The monoisotopic (exact) mass is 206 g/mol. The number of nitrogens with zero attached hydrogens (tertiary/aromatic N) is 1. The van der Waals surface area contributed by atoms with Gasteiger partial charge in [0.05, 0.1) is 12.8 Å². The Kier molecular flexibility index (Phi) is 3.02. The Morgan fingerprint density at radius 1 is 1.69 bits per heavy atom. The molecule has 0 radical (unpaired) electrons. The molecule has 0 aliphatic rings. The molecule has 0 saturated heterocycles. The lowest BCUT2D eigenvalue weighted by Crippen LogP contribution is -2.26. The minimum Gasteiger partial charge on any atom is -0.395 e. The Labute approximate surface area is 75.6 Å². The van der Waals surface area contributed by atoms with Crippen molar-refractivity contribution in [2.24, 2.45) is 0 Å². The van der Waals surface area contributed by atoms with Crippen LogP contribution < -0.4 is 4.72 Å². The number of hydrogen-bond acceptors (Lipinski definition) is 5. The summed E-state index contributed by atoms with van der Waals surface area (Å²) in [5.41, 5.74) is 0. The molecule has 7 heteroatoms. The van der Waals surface area contributed by atoms with Crippen LogP contribution in [0.5, 0.6) is 0 Å². The number of nitrogens with one attached hydrogen (secondary N) is 1. The quantitative estimate of drug-likeness (QED) is 0.676. The van der Waals surface area contributed by atoms with Gasteiger partial charge in [-0.05, 0) is 6.92 Å². The summed E-state index contributed by atoms with van der Waals surface area (Å²) in [5, 5.41) is 11.8. The fraction of sp³-hybridized carbons (Fsp3) is 0.500. The number of sulfonamides is 1. The molecular formula is C6H10N2O4S. The van der Waals surface area contributed by atoms with Crippen LogP contribution in [0.25, 0.3) is 0 Å². The average molecular weight is 206 g/mol. The van der Waals surface area contributed by atoms with E-state index < -0.39 is 10.0 Å². The van der Waals surface area contributed by atoms with Crippen molar-refractivity contribution in [3.05, 3.63) is 12.0 Å². The summed E-state index contributed by atoms with van der Waals surface area (Å²) in [6, 6.07) is 0. The molecule has 0 aromatic carbocycles. The maximum absolute atomic E-state index is 11.4. The summed E-state index contributed by atoms with van der Waals surface area (Å²) < 4.78 is 29.5. The van der Waals surface area contributed by atoms with E-state index in [0.717, 1.165) is 6.20 Å². The molecule has 0 saturated carbocycles. The predicted molar refractivity (Wildman–Crippen MR) is 43.5 cm³/mol. The van der Waals surface area contributed by atoms with Crippen LogP contribution in [0.15, 0.2) is 15.6 Å². The van der Waals surface area contributed by atoms with Crippen LogP contribution in [0.4, 0.5) is 0 Å². The lowest BCUT2D eigenvalue weighted by atomic mass is 10.5. The third-order valence-corrected chi connectivity index (χ3v) is 2.96. The first-order valence-corrected chi connectivity index (χ1v) is 5.08. The minimum atomic E-state index is -3.58. The fourth-order valence-corrected chi connectivity index (χ4v) is 1.92. The van der Waals surface area contributed by atoms with Crippen molar-refractivity contribution >= 4 is 10.0 Å². The molecule has 13 heavy (non-hydrogen) atoms. The Morgan fingerprint density at radius 2 is 2.38 bits per heavy atom. The summed E-state index contributed by atoms with van der Waals surface area (Å²) in [5.74, 6) is 0.227. The third kappa shape index (κ3) is 2.27. The van der Waals surface area contributed by atoms with E-state index in [1.54, 1.807) is 0 Å². The van der Waals surface area contributed by atoms with Gasteiger partial charge in [-0.25, -0.2) is 13.1 Å². The summed E-state index contributed by atoms with van der Waals surface area (Å²) in [6.07, 6.45) is 1.12. The van der Waals surface area contributed by atoms with Crippen molar-refractivity contribution in [3.8, 4) is 0 Å². The smallest absolute Gasteiger partial charge is 0.245 e. The number of aliphatic hydroxyl groups excluding tert-OH is 1. The minimum absolute atomic E-state index is 0.000880. The highest BCUT2D eigenvalue weighted by Gasteiger charge is 2.18. The molecule has 1 aromatic rings. The van der Waals surface area contributed by atoms with Crippen LogP contribution >= 0.6 is 0 Å². The second kappa shape index (κ2) is 3.86. The van der Waals surface area contributed by atoms with Crippen molar-refractivity contribution in [1.82, 2.24) is 9.88 Å². The van der Waals surface area contributed by atoms with Crippen LogP contribution in [0.2, 0.25) is 0 Å². The highest BCUT2D eigenvalue weighted by Crippen LogP contribution is 2.12. The maximum atomic E-state index is 11.4. The molecule has 0 bridgehead atoms. The predicted octanol–water partition coefficient (Wildman–Crippen LogP) is -0.746. The van der Waals surface area contributed by atoms with Crippen LogP contribution in [-0.2, 0) is 10.0 Å². The summed E-state index contributed by atoms with van der Waals surface area (Å²) in [4.78, 5) is 0.000880. The van der Waals surface area contributed by atoms with Gasteiger partial charge < -0.3 is 9.63 Å². The van der Waals surface area contributed by atoms with Crippen molar-refractivity contribution in [2.75, 3.05) is 13.2 Å². The van der Waals surface area contributed by atoms with E-state index in [1.165, 1.54) is 6.92 Å². The number of aliphatic hydroxyl groups is 1. The molecule has 0 aliphatic carbocycles. The van der Waals surface area contributed by atoms with Gasteiger partial charge in [-0.3, -0.25) is 0 Å². The van der Waals surface area contributed by atoms with E-state index in [4.69, 9.17) is 5.11 Å². The van der Waals surface area contributed by atoms with Crippen LogP contribution in [0.3, 0.4) is 0 Å². The fourth-order valence-electron chi connectivity index (χ4n) is 0.806. The highest BCUT2D eigenvalue weighted by molar-refractivity contribution is 7.89. The molecule has 0 fully saturated rings. The molecule has 0 unspecified atom stereocenters. The number of hydrogen-bond donors (Lipinski definition) is 2. The molecule has 1 aromatic heterocycles. The normalized spacial score (nSPS) is 11.8. The standard InChI is InChI=1S/C6H10N2O4S/c1-5-6(4-7-12-5)13(10,11)8-2-3-9/h4,8-9H,2-3H2,1H3. The average Bonchev–Trinajstić information content (AvgIpc) is 2.48. The van der Waals surface area contributed by atoms with Gasteiger partial charge in [0.25, 0.3) is 0 Å². The van der Waals surface area contributed by atoms with Gasteiger partial charge in [-0.2, -0.15) is 0 Å². The lowest BCUT2D eigenvalue weighted by molar-refractivity contribution is 0.301. The summed E-state index contributed by atoms with van der Waals surface area (Å²) >= 11 is 0. The Hall–Kier alpha value is -0.920. The SMILES string of the molecule is Cc1oncc1S(=O)(=O)NCCO. The molecular weight excluding hydrogens is 196 g/mol. The second-order valence-corrected chi connectivity index (χ2v) is 4.10. The molecule has 0 aliphatic heterocycles. The van der Waals surface area contributed by atoms with E-state index in [1.807, 2.05) is 0 Å². The molecule has 0 amide bonds. The first-order valence-electron chi connectivity index (χ1n) is 3.59. The van der Waals surface area contributed by atoms with Crippen LogP contribution in [0.1, 0.15) is 5.76 Å². The Morgan fingerprint density at radius 3 is 2.85 bits per heavy atom. The zero-order chi connectivity index (χ0) is 9.90. The maximum Gasteiger partial charge on any atom is 0.245 e. The van der Waals surface area contributed by atoms with Gasteiger partial charge >= 0.3 is 0 Å². The number of aryl methyl sites for hydroxylation is 1. The number of aromatic nitrogens is 1. The van der Waals surface area contributed by atoms with E-state index >= 15 is 0 Å². The molecule has 2 N–H and O–H groups in total. The van der Waals surface area contributed by atoms with Gasteiger partial charge in [-0.15, -0.1) is 0 Å². The van der Waals surface area contributed by atoms with Gasteiger partial charge in [0.1, 0.15) is 4.90 Å². The van der Waals surface area contributed by atoms with Gasteiger partial charge in [-0.1, -0.05) is 5.16 Å². The van der Waals surface area contributed by atoms with Crippen LogP contribution in [0, 0.1) is 6.92 Å². The van der Waals surface area contributed by atoms with Gasteiger partial charge in [0.15, 0.2) is 5.76 Å². The summed E-state index contributed by atoms with van der Waals surface area (Å²) in [6.45, 7) is 1.23. The van der Waals surface area contributed by atoms with E-state index in [0.29, 0.717) is 0 Å². The third-order valence-electron chi connectivity index (χ3n) is 1.40. The van der Waals surface area contributed by atoms with E-state index in [9.17, 15) is 8.42 Å². The molecule has 74 valence electrons. The first-order chi connectivity index (χ1) is 6.08. The zero-order valence-corrected chi connectivity index (χ0v) is 7.84. The van der Waals surface area contributed by atoms with E-state index in [2.05, 4.69) is 14.4 Å². The highest BCUT2D eigenvalue weighted by atomic mass is 32.2. The topological polar surface area (TPSA) is 92.4 Å². The van der Waals surface area contributed by atoms with Crippen molar-refractivity contribution in [1.29, 1.82) is 0 Å². The molecule has 0 atom stereocenters. The summed E-state index contributed by atoms with van der Waals surface area (Å²) in [7, 11) is -3.58. The lowest BCUT2D eigenvalue weighted by Gasteiger charge is -2.01. The first kappa shape index (κ1) is 10.2. The van der Waals surface area contributed by atoms with Gasteiger partial charge in [0.2, 0.25) is 10.0 Å². The molecule has 1 rings (SSSR count). The Bertz CT molecular complexity index is 370. The molecule has 6 nitrogen and oxygen atoms in total. The largest absolute Gasteiger partial charge is 0.395 e. The molecule has 0 spiro atoms. The number of rotatable bonds is 4.